The van der Waals surface area contributed by atoms with Gasteiger partial charge in [0.05, 0.1) is 17.4 Å². The Morgan fingerprint density at radius 2 is 1.46 bits per heavy atom. The molecule has 26 heavy (non-hydrogen) atoms. The van der Waals surface area contributed by atoms with E-state index in [-0.39, 0.29) is 6.04 Å². The first-order valence-corrected chi connectivity index (χ1v) is 10.1. The van der Waals surface area contributed by atoms with Crippen molar-refractivity contribution in [2.24, 2.45) is 5.10 Å². The Kier molecular flexibility index (Phi) is 4.96. The van der Waals surface area contributed by atoms with E-state index in [1.807, 2.05) is 0 Å². The first-order chi connectivity index (χ1) is 12.6. The minimum absolute atomic E-state index is 0.197. The summed E-state index contributed by atoms with van der Waals surface area (Å²) < 4.78 is 2.18. The van der Waals surface area contributed by atoms with Crippen LogP contribution in [0.2, 0.25) is 0 Å². The number of benzene rings is 3. The van der Waals surface area contributed by atoms with Gasteiger partial charge in [0, 0.05) is 15.4 Å². The smallest absolute Gasteiger partial charge is 0.0831 e. The number of nitrogens with zero attached hydrogens (tertiary/aromatic N) is 2. The van der Waals surface area contributed by atoms with Crippen LogP contribution in [0.1, 0.15) is 29.2 Å². The molecule has 130 valence electrons. The van der Waals surface area contributed by atoms with E-state index in [4.69, 9.17) is 5.10 Å². The van der Waals surface area contributed by atoms with Crippen molar-refractivity contribution in [3.8, 4) is 0 Å². The van der Waals surface area contributed by atoms with Crippen molar-refractivity contribution in [2.45, 2.75) is 19.4 Å². The van der Waals surface area contributed by atoms with Gasteiger partial charge in [-0.2, -0.15) is 5.10 Å². The van der Waals surface area contributed by atoms with Crippen LogP contribution in [0, 0.1) is 6.92 Å². The summed E-state index contributed by atoms with van der Waals surface area (Å²) in [5, 5.41) is 7.20. The molecule has 0 radical (unpaired) electrons. The van der Waals surface area contributed by atoms with Crippen molar-refractivity contribution in [3.05, 3.63) is 98.4 Å². The summed E-state index contributed by atoms with van der Waals surface area (Å²) >= 11 is 7.05. The van der Waals surface area contributed by atoms with E-state index >= 15 is 0 Å². The summed E-state index contributed by atoms with van der Waals surface area (Å²) in [6.45, 7) is 2.14. The third-order valence-electron chi connectivity index (χ3n) is 4.70. The first-order valence-electron chi connectivity index (χ1n) is 8.55. The minimum Gasteiger partial charge on any atom is -0.257 e. The Labute approximate surface area is 170 Å². The van der Waals surface area contributed by atoms with Gasteiger partial charge in [-0.1, -0.05) is 74.3 Å². The second-order valence-electron chi connectivity index (χ2n) is 6.46. The van der Waals surface area contributed by atoms with Gasteiger partial charge in [0.25, 0.3) is 0 Å². The van der Waals surface area contributed by atoms with Gasteiger partial charge >= 0.3 is 0 Å². The highest BCUT2D eigenvalue weighted by atomic mass is 79.9. The fourth-order valence-electron chi connectivity index (χ4n) is 3.31. The van der Waals surface area contributed by atoms with E-state index in [2.05, 4.69) is 117 Å². The maximum Gasteiger partial charge on any atom is 0.0831 e. The van der Waals surface area contributed by atoms with Crippen molar-refractivity contribution >= 4 is 43.3 Å². The van der Waals surface area contributed by atoms with Crippen molar-refractivity contribution in [2.75, 3.05) is 5.01 Å². The molecule has 1 unspecified atom stereocenters. The van der Waals surface area contributed by atoms with Crippen LogP contribution in [0.15, 0.2) is 86.8 Å². The predicted molar refractivity (Wildman–Crippen MR) is 116 cm³/mol. The molecule has 1 aliphatic rings. The lowest BCUT2D eigenvalue weighted by Crippen LogP contribution is -2.19. The molecule has 0 aromatic heterocycles. The zero-order chi connectivity index (χ0) is 18.1. The van der Waals surface area contributed by atoms with Gasteiger partial charge < -0.3 is 0 Å². The summed E-state index contributed by atoms with van der Waals surface area (Å²) in [6.07, 6.45) is 0.887. The first kappa shape index (κ1) is 17.5. The molecule has 4 rings (SSSR count). The average molecular weight is 470 g/mol. The van der Waals surface area contributed by atoms with Crippen LogP contribution < -0.4 is 5.01 Å². The van der Waals surface area contributed by atoms with Crippen molar-refractivity contribution in [3.63, 3.8) is 0 Å². The molecule has 0 fully saturated rings. The van der Waals surface area contributed by atoms with Crippen molar-refractivity contribution in [1.29, 1.82) is 0 Å². The van der Waals surface area contributed by atoms with E-state index < -0.39 is 0 Å². The zero-order valence-corrected chi connectivity index (χ0v) is 17.5. The van der Waals surface area contributed by atoms with Crippen LogP contribution in [0.25, 0.3) is 0 Å². The standard InChI is InChI=1S/C22H18Br2N2/c1-15-4-2-3-5-21(15)26-22(17-8-12-19(24)13-9-17)14-20(25-26)16-6-10-18(23)11-7-16/h2-13,22H,14H2,1H3. The summed E-state index contributed by atoms with van der Waals surface area (Å²) in [5.74, 6) is 0. The molecule has 2 nitrogen and oxygen atoms in total. The number of halogens is 2. The fraction of sp³-hybridized carbons (Fsp3) is 0.136. The van der Waals surface area contributed by atoms with Gasteiger partial charge in [-0.15, -0.1) is 0 Å². The lowest BCUT2D eigenvalue weighted by atomic mass is 9.98. The van der Waals surface area contributed by atoms with Gasteiger partial charge in [0.1, 0.15) is 0 Å². The van der Waals surface area contributed by atoms with Crippen LogP contribution >= 0.6 is 31.9 Å². The second kappa shape index (κ2) is 7.37. The summed E-state index contributed by atoms with van der Waals surface area (Å²) in [6, 6.07) is 25.6. The van der Waals surface area contributed by atoms with Gasteiger partial charge in [-0.05, 0) is 53.9 Å². The third-order valence-corrected chi connectivity index (χ3v) is 5.76. The summed E-state index contributed by atoms with van der Waals surface area (Å²) in [4.78, 5) is 0. The Hall–Kier alpha value is -1.91. The molecule has 0 saturated heterocycles. The molecule has 0 N–H and O–H groups in total. The molecule has 0 spiro atoms. The van der Waals surface area contributed by atoms with Crippen LogP contribution in [-0.2, 0) is 0 Å². The Morgan fingerprint density at radius 3 is 2.12 bits per heavy atom. The lowest BCUT2D eigenvalue weighted by Gasteiger charge is -2.25. The van der Waals surface area contributed by atoms with Crippen molar-refractivity contribution in [1.82, 2.24) is 0 Å². The number of hydrogen-bond acceptors (Lipinski definition) is 2. The molecular weight excluding hydrogens is 452 g/mol. The van der Waals surface area contributed by atoms with Crippen LogP contribution in [0.4, 0.5) is 5.69 Å². The Morgan fingerprint density at radius 1 is 0.846 bits per heavy atom. The fourth-order valence-corrected chi connectivity index (χ4v) is 3.84. The third kappa shape index (κ3) is 3.49. The largest absolute Gasteiger partial charge is 0.257 e. The monoisotopic (exact) mass is 468 g/mol. The number of para-hydroxylation sites is 1. The number of hydrogen-bond donors (Lipinski definition) is 0. The summed E-state index contributed by atoms with van der Waals surface area (Å²) in [5.41, 5.74) is 5.95. The van der Waals surface area contributed by atoms with Gasteiger partial charge in [-0.25, -0.2) is 0 Å². The number of aryl methyl sites for hydroxylation is 1. The molecule has 0 saturated carbocycles. The zero-order valence-electron chi connectivity index (χ0n) is 14.4. The maximum atomic E-state index is 5.02. The SMILES string of the molecule is Cc1ccccc1N1N=C(c2ccc(Br)cc2)CC1c1ccc(Br)cc1. The van der Waals surface area contributed by atoms with Crippen LogP contribution in [0.5, 0.6) is 0 Å². The van der Waals surface area contributed by atoms with Crippen molar-refractivity contribution < 1.29 is 0 Å². The molecule has 1 heterocycles. The Bertz CT molecular complexity index is 947. The van der Waals surface area contributed by atoms with E-state index in [1.54, 1.807) is 0 Å². The highest BCUT2D eigenvalue weighted by molar-refractivity contribution is 9.10. The van der Waals surface area contributed by atoms with Crippen LogP contribution in [0.3, 0.4) is 0 Å². The molecule has 0 bridgehead atoms. The van der Waals surface area contributed by atoms with E-state index in [0.29, 0.717) is 0 Å². The normalized spacial score (nSPS) is 16.7. The summed E-state index contributed by atoms with van der Waals surface area (Å²) in [7, 11) is 0. The molecule has 0 amide bonds. The Balaban J connectivity index is 1.77. The van der Waals surface area contributed by atoms with E-state index in [1.165, 1.54) is 16.7 Å². The van der Waals surface area contributed by atoms with Gasteiger partial charge in [-0.3, -0.25) is 5.01 Å². The molecule has 3 aromatic rings. The minimum atomic E-state index is 0.197. The number of rotatable bonds is 3. The number of hydrazone groups is 1. The predicted octanol–water partition coefficient (Wildman–Crippen LogP) is 6.88. The lowest BCUT2D eigenvalue weighted by molar-refractivity contribution is 0.707. The molecule has 1 atom stereocenters. The maximum absolute atomic E-state index is 5.02. The average Bonchev–Trinajstić information content (AvgIpc) is 3.08. The molecule has 0 aliphatic carbocycles. The van der Waals surface area contributed by atoms with Gasteiger partial charge in [0.15, 0.2) is 0 Å². The van der Waals surface area contributed by atoms with E-state index in [0.717, 1.165) is 26.8 Å². The van der Waals surface area contributed by atoms with E-state index in [9.17, 15) is 0 Å². The molecule has 1 aliphatic heterocycles. The van der Waals surface area contributed by atoms with Crippen LogP contribution in [-0.4, -0.2) is 5.71 Å². The topological polar surface area (TPSA) is 15.6 Å². The molecular formula is C22H18Br2N2. The molecule has 4 heteroatoms. The molecule has 3 aromatic carbocycles. The highest BCUT2D eigenvalue weighted by Gasteiger charge is 2.30. The number of anilines is 1. The quantitative estimate of drug-likeness (QED) is 0.408. The highest BCUT2D eigenvalue weighted by Crippen LogP contribution is 2.38. The second-order valence-corrected chi connectivity index (χ2v) is 8.29. The van der Waals surface area contributed by atoms with Gasteiger partial charge in [0.2, 0.25) is 0 Å².